The van der Waals surface area contributed by atoms with Crippen LogP contribution in [0.4, 0.5) is 0 Å². The van der Waals surface area contributed by atoms with Crippen molar-refractivity contribution in [3.05, 3.63) is 27.7 Å². The van der Waals surface area contributed by atoms with Crippen molar-refractivity contribution in [2.45, 2.75) is 18.7 Å². The van der Waals surface area contributed by atoms with Crippen LogP contribution in [0.1, 0.15) is 12.5 Å². The van der Waals surface area contributed by atoms with E-state index in [-0.39, 0.29) is 29.6 Å². The molecule has 24 heavy (non-hydrogen) atoms. The summed E-state index contributed by atoms with van der Waals surface area (Å²) < 4.78 is 29.2. The molecule has 1 aromatic carbocycles. The summed E-state index contributed by atoms with van der Waals surface area (Å²) in [6, 6.07) is 2.76. The number of esters is 1. The van der Waals surface area contributed by atoms with E-state index in [4.69, 9.17) is 23.2 Å². The molecular formula is C14H18Cl2N2O5S. The average molecular weight is 397 g/mol. The number of carbonyl (C=O) groups is 2. The van der Waals surface area contributed by atoms with E-state index in [9.17, 15) is 18.0 Å². The van der Waals surface area contributed by atoms with Gasteiger partial charge >= 0.3 is 5.97 Å². The molecule has 0 aromatic heterocycles. The average Bonchev–Trinajstić information content (AvgIpc) is 2.50. The fourth-order valence-corrected chi connectivity index (χ4v) is 3.65. The number of hydrogen-bond acceptors (Lipinski definition) is 6. The highest BCUT2D eigenvalue weighted by Crippen LogP contribution is 2.30. The molecule has 0 unspecified atom stereocenters. The lowest BCUT2D eigenvalue weighted by Gasteiger charge is -2.10. The van der Waals surface area contributed by atoms with Crippen LogP contribution in [-0.4, -0.2) is 45.9 Å². The number of halogens is 2. The fraction of sp³-hybridized carbons (Fsp3) is 0.429. The highest BCUT2D eigenvalue weighted by atomic mass is 35.5. The molecule has 0 atom stereocenters. The van der Waals surface area contributed by atoms with E-state index in [1.165, 1.54) is 12.1 Å². The number of sulfone groups is 1. The Hall–Kier alpha value is -1.35. The van der Waals surface area contributed by atoms with Crippen molar-refractivity contribution >= 4 is 44.9 Å². The molecule has 0 aliphatic heterocycles. The van der Waals surface area contributed by atoms with Crippen molar-refractivity contribution in [1.82, 2.24) is 10.6 Å². The number of nitrogens with one attached hydrogen (secondary N) is 2. The van der Waals surface area contributed by atoms with Gasteiger partial charge in [0, 0.05) is 5.02 Å². The summed E-state index contributed by atoms with van der Waals surface area (Å²) in [6.07, 6.45) is 0. The second-order valence-electron chi connectivity index (χ2n) is 4.75. The SMILES string of the molecule is CCOC(=O)CNC(=O)CNCS(=O)(=O)c1ccc(Cl)c(C)c1Cl. The minimum absolute atomic E-state index is 0.0519. The van der Waals surface area contributed by atoms with E-state index in [2.05, 4.69) is 15.4 Å². The minimum Gasteiger partial charge on any atom is -0.465 e. The quantitative estimate of drug-likeness (QED) is 0.642. The molecule has 10 heteroatoms. The maximum Gasteiger partial charge on any atom is 0.325 e. The Morgan fingerprint density at radius 3 is 2.50 bits per heavy atom. The highest BCUT2D eigenvalue weighted by Gasteiger charge is 2.20. The highest BCUT2D eigenvalue weighted by molar-refractivity contribution is 7.91. The Labute approximate surface area is 150 Å². The summed E-state index contributed by atoms with van der Waals surface area (Å²) in [4.78, 5) is 22.5. The Balaban J connectivity index is 2.56. The summed E-state index contributed by atoms with van der Waals surface area (Å²) in [6.45, 7) is 2.92. The van der Waals surface area contributed by atoms with Gasteiger partial charge in [0.1, 0.15) is 12.4 Å². The predicted molar refractivity (Wildman–Crippen MR) is 90.9 cm³/mol. The first-order chi connectivity index (χ1) is 11.2. The van der Waals surface area contributed by atoms with E-state index < -0.39 is 27.6 Å². The van der Waals surface area contributed by atoms with Crippen molar-refractivity contribution in [3.8, 4) is 0 Å². The molecular weight excluding hydrogens is 379 g/mol. The van der Waals surface area contributed by atoms with E-state index in [1.54, 1.807) is 13.8 Å². The van der Waals surface area contributed by atoms with Crippen molar-refractivity contribution in [2.75, 3.05) is 25.6 Å². The normalized spacial score (nSPS) is 11.2. The Morgan fingerprint density at radius 2 is 1.88 bits per heavy atom. The monoisotopic (exact) mass is 396 g/mol. The number of ether oxygens (including phenoxy) is 1. The molecule has 0 aliphatic carbocycles. The summed E-state index contributed by atoms with van der Waals surface area (Å²) in [7, 11) is -3.74. The molecule has 1 aromatic rings. The molecule has 0 saturated carbocycles. The van der Waals surface area contributed by atoms with Crippen LogP contribution in [0.3, 0.4) is 0 Å². The smallest absolute Gasteiger partial charge is 0.325 e. The summed E-state index contributed by atoms with van der Waals surface area (Å²) in [5.74, 6) is -1.58. The van der Waals surface area contributed by atoms with Gasteiger partial charge in [-0.05, 0) is 31.5 Å². The molecule has 0 aliphatic rings. The van der Waals surface area contributed by atoms with Crippen LogP contribution in [0, 0.1) is 6.92 Å². The molecule has 0 bridgehead atoms. The zero-order chi connectivity index (χ0) is 18.3. The third-order valence-corrected chi connectivity index (χ3v) is 5.54. The number of hydrogen-bond donors (Lipinski definition) is 2. The van der Waals surface area contributed by atoms with Crippen LogP contribution in [0.2, 0.25) is 10.0 Å². The van der Waals surface area contributed by atoms with Gasteiger partial charge in [0.05, 0.1) is 23.1 Å². The Kier molecular flexibility index (Phi) is 7.95. The first-order valence-electron chi connectivity index (χ1n) is 6.99. The van der Waals surface area contributed by atoms with Gasteiger partial charge in [0.15, 0.2) is 9.84 Å². The van der Waals surface area contributed by atoms with Gasteiger partial charge in [-0.25, -0.2) is 8.42 Å². The Bertz CT molecular complexity index is 722. The molecule has 1 amide bonds. The molecule has 7 nitrogen and oxygen atoms in total. The van der Waals surface area contributed by atoms with Gasteiger partial charge in [-0.1, -0.05) is 23.2 Å². The third kappa shape index (κ3) is 5.94. The van der Waals surface area contributed by atoms with Gasteiger partial charge in [0.2, 0.25) is 5.91 Å². The first-order valence-corrected chi connectivity index (χ1v) is 9.40. The van der Waals surface area contributed by atoms with Crippen LogP contribution in [0.5, 0.6) is 0 Å². The third-order valence-electron chi connectivity index (χ3n) is 2.93. The van der Waals surface area contributed by atoms with Crippen LogP contribution < -0.4 is 10.6 Å². The molecule has 0 saturated heterocycles. The van der Waals surface area contributed by atoms with E-state index in [0.717, 1.165) is 0 Å². The summed E-state index contributed by atoms with van der Waals surface area (Å²) in [5, 5.41) is 5.22. The van der Waals surface area contributed by atoms with Gasteiger partial charge < -0.3 is 10.1 Å². The summed E-state index contributed by atoms with van der Waals surface area (Å²) in [5.41, 5.74) is 0.464. The molecule has 2 N–H and O–H groups in total. The van der Waals surface area contributed by atoms with Crippen LogP contribution in [-0.2, 0) is 24.2 Å². The fourth-order valence-electron chi connectivity index (χ4n) is 1.70. The molecule has 1 rings (SSSR count). The van der Waals surface area contributed by atoms with Gasteiger partial charge in [-0.2, -0.15) is 0 Å². The van der Waals surface area contributed by atoms with Crippen LogP contribution in [0.15, 0.2) is 17.0 Å². The Morgan fingerprint density at radius 1 is 1.21 bits per heavy atom. The number of carbonyl (C=O) groups excluding carboxylic acids is 2. The van der Waals surface area contributed by atoms with Crippen LogP contribution >= 0.6 is 23.2 Å². The topological polar surface area (TPSA) is 102 Å². The largest absolute Gasteiger partial charge is 0.465 e. The number of amides is 1. The molecule has 0 fully saturated rings. The number of rotatable bonds is 8. The second kappa shape index (κ2) is 9.22. The molecule has 0 heterocycles. The van der Waals surface area contributed by atoms with E-state index in [0.29, 0.717) is 10.6 Å². The predicted octanol–water partition coefficient (Wildman–Crippen LogP) is 1.30. The zero-order valence-corrected chi connectivity index (χ0v) is 15.5. The van der Waals surface area contributed by atoms with Crippen molar-refractivity contribution in [1.29, 1.82) is 0 Å². The molecule has 0 radical (unpaired) electrons. The lowest BCUT2D eigenvalue weighted by molar-refractivity contribution is -0.143. The maximum atomic E-state index is 12.3. The first kappa shape index (κ1) is 20.7. The minimum atomic E-state index is -3.74. The lowest BCUT2D eigenvalue weighted by atomic mass is 10.2. The maximum absolute atomic E-state index is 12.3. The van der Waals surface area contributed by atoms with Crippen molar-refractivity contribution in [3.63, 3.8) is 0 Å². The van der Waals surface area contributed by atoms with Crippen molar-refractivity contribution < 1.29 is 22.7 Å². The molecule has 134 valence electrons. The van der Waals surface area contributed by atoms with E-state index in [1.807, 2.05) is 0 Å². The van der Waals surface area contributed by atoms with Crippen LogP contribution in [0.25, 0.3) is 0 Å². The lowest BCUT2D eigenvalue weighted by Crippen LogP contribution is -2.38. The molecule has 0 spiro atoms. The number of benzene rings is 1. The van der Waals surface area contributed by atoms with E-state index >= 15 is 0 Å². The van der Waals surface area contributed by atoms with Gasteiger partial charge in [0.25, 0.3) is 0 Å². The van der Waals surface area contributed by atoms with Gasteiger partial charge in [-0.15, -0.1) is 0 Å². The zero-order valence-electron chi connectivity index (χ0n) is 13.2. The second-order valence-corrected chi connectivity index (χ2v) is 7.50. The standard InChI is InChI=1S/C14H18Cl2N2O5S/c1-3-23-13(20)7-18-12(19)6-17-8-24(21,22)11-5-4-10(15)9(2)14(11)16/h4-5,17H,3,6-8H2,1-2H3,(H,18,19). The summed E-state index contributed by atoms with van der Waals surface area (Å²) >= 11 is 11.9. The van der Waals surface area contributed by atoms with Crippen molar-refractivity contribution in [2.24, 2.45) is 0 Å². The van der Waals surface area contributed by atoms with Gasteiger partial charge in [-0.3, -0.25) is 14.9 Å².